The van der Waals surface area contributed by atoms with E-state index in [1.165, 1.54) is 0 Å². The van der Waals surface area contributed by atoms with Crippen molar-refractivity contribution in [2.45, 2.75) is 13.3 Å². The molecule has 0 bridgehead atoms. The molecule has 5 heteroatoms. The zero-order chi connectivity index (χ0) is 12.4. The van der Waals surface area contributed by atoms with Crippen molar-refractivity contribution < 1.29 is 9.90 Å². The number of hydrogen-bond acceptors (Lipinski definition) is 2. The number of benzene rings is 1. The summed E-state index contributed by atoms with van der Waals surface area (Å²) in [6.07, 6.45) is -0.0627. The molecule has 0 unspecified atom stereocenters. The summed E-state index contributed by atoms with van der Waals surface area (Å²) in [4.78, 5) is 18.1. The van der Waals surface area contributed by atoms with Crippen molar-refractivity contribution >= 4 is 21.9 Å². The van der Waals surface area contributed by atoms with Crippen LogP contribution in [0.1, 0.15) is 11.4 Å². The smallest absolute Gasteiger partial charge is 0.309 e. The lowest BCUT2D eigenvalue weighted by Gasteiger charge is -1.99. The molecule has 1 aromatic carbocycles. The molecule has 0 spiro atoms. The highest BCUT2D eigenvalue weighted by atomic mass is 79.9. The van der Waals surface area contributed by atoms with Gasteiger partial charge in [-0.05, 0) is 13.0 Å². The maximum Gasteiger partial charge on any atom is 0.309 e. The Labute approximate surface area is 107 Å². The molecule has 0 aliphatic rings. The normalized spacial score (nSPS) is 10.5. The van der Waals surface area contributed by atoms with Gasteiger partial charge in [-0.2, -0.15) is 0 Å². The van der Waals surface area contributed by atoms with E-state index in [-0.39, 0.29) is 6.42 Å². The van der Waals surface area contributed by atoms with Gasteiger partial charge in [-0.25, -0.2) is 4.98 Å². The minimum atomic E-state index is -0.877. The van der Waals surface area contributed by atoms with Gasteiger partial charge in [-0.1, -0.05) is 34.1 Å². The van der Waals surface area contributed by atoms with Gasteiger partial charge in [0.1, 0.15) is 5.82 Å². The van der Waals surface area contributed by atoms with Crippen molar-refractivity contribution in [2.24, 2.45) is 0 Å². The molecule has 2 N–H and O–H groups in total. The van der Waals surface area contributed by atoms with E-state index in [0.717, 1.165) is 15.7 Å². The number of aromatic amines is 1. The minimum absolute atomic E-state index is 0.0627. The second-order valence-corrected chi connectivity index (χ2v) is 4.56. The minimum Gasteiger partial charge on any atom is -0.481 e. The van der Waals surface area contributed by atoms with Crippen LogP contribution in [0.2, 0.25) is 0 Å². The number of rotatable bonds is 3. The van der Waals surface area contributed by atoms with Gasteiger partial charge >= 0.3 is 5.97 Å². The largest absolute Gasteiger partial charge is 0.481 e. The van der Waals surface area contributed by atoms with Crippen molar-refractivity contribution in [3.05, 3.63) is 40.1 Å². The topological polar surface area (TPSA) is 66.0 Å². The predicted octanol–water partition coefficient (Wildman–Crippen LogP) is 2.77. The quantitative estimate of drug-likeness (QED) is 0.915. The summed E-state index contributed by atoms with van der Waals surface area (Å²) in [5, 5.41) is 8.76. The number of nitrogens with one attached hydrogen (secondary N) is 1. The molecule has 0 aliphatic carbocycles. The molecule has 0 aliphatic heterocycles. The van der Waals surface area contributed by atoms with Gasteiger partial charge in [0.05, 0.1) is 12.1 Å². The van der Waals surface area contributed by atoms with Crippen LogP contribution in [0.5, 0.6) is 0 Å². The molecule has 88 valence electrons. The SMILES string of the molecule is Cc1[nH]c(-c2ccccc2Br)nc1CC(=O)O. The Hall–Kier alpha value is -1.62. The fourth-order valence-electron chi connectivity index (χ4n) is 1.59. The number of carbonyl (C=O) groups is 1. The van der Waals surface area contributed by atoms with Crippen molar-refractivity contribution in [3.8, 4) is 11.4 Å². The predicted molar refractivity (Wildman–Crippen MR) is 67.8 cm³/mol. The summed E-state index contributed by atoms with van der Waals surface area (Å²) in [5.41, 5.74) is 2.29. The van der Waals surface area contributed by atoms with Crippen LogP contribution >= 0.6 is 15.9 Å². The number of aliphatic carboxylic acids is 1. The number of halogens is 1. The second kappa shape index (κ2) is 4.71. The highest BCUT2D eigenvalue weighted by Gasteiger charge is 2.12. The first-order valence-electron chi connectivity index (χ1n) is 5.10. The zero-order valence-electron chi connectivity index (χ0n) is 9.20. The molecule has 2 aromatic rings. The first kappa shape index (κ1) is 11.9. The van der Waals surface area contributed by atoms with Crippen LogP contribution in [-0.4, -0.2) is 21.0 Å². The second-order valence-electron chi connectivity index (χ2n) is 3.71. The van der Waals surface area contributed by atoms with Gasteiger partial charge in [-0.3, -0.25) is 4.79 Å². The molecule has 4 nitrogen and oxygen atoms in total. The van der Waals surface area contributed by atoms with Crippen LogP contribution in [-0.2, 0) is 11.2 Å². The van der Waals surface area contributed by atoms with Crippen molar-refractivity contribution in [1.29, 1.82) is 0 Å². The highest BCUT2D eigenvalue weighted by molar-refractivity contribution is 9.10. The van der Waals surface area contributed by atoms with E-state index in [2.05, 4.69) is 25.9 Å². The Kier molecular flexibility index (Phi) is 3.28. The van der Waals surface area contributed by atoms with E-state index in [1.54, 1.807) is 0 Å². The van der Waals surface area contributed by atoms with Gasteiger partial charge in [0.25, 0.3) is 0 Å². The van der Waals surface area contributed by atoms with Gasteiger partial charge in [0.2, 0.25) is 0 Å². The molecule has 0 amide bonds. The molecule has 0 radical (unpaired) electrons. The van der Waals surface area contributed by atoms with Gasteiger partial charge in [0.15, 0.2) is 0 Å². The maximum absolute atomic E-state index is 10.7. The Morgan fingerprint density at radius 3 is 2.82 bits per heavy atom. The average molecular weight is 295 g/mol. The monoisotopic (exact) mass is 294 g/mol. The number of carboxylic acids is 1. The summed E-state index contributed by atoms with van der Waals surface area (Å²) in [6, 6.07) is 7.67. The molecule has 0 saturated carbocycles. The standard InChI is InChI=1S/C12H11BrN2O2/c1-7-10(6-11(16)17)15-12(14-7)8-4-2-3-5-9(8)13/h2-5H,6H2,1H3,(H,14,15)(H,16,17). The molecule has 2 rings (SSSR count). The number of hydrogen-bond donors (Lipinski definition) is 2. The fourth-order valence-corrected chi connectivity index (χ4v) is 2.07. The van der Waals surface area contributed by atoms with E-state index in [1.807, 2.05) is 31.2 Å². The van der Waals surface area contributed by atoms with Gasteiger partial charge in [0, 0.05) is 15.7 Å². The van der Waals surface area contributed by atoms with E-state index < -0.39 is 5.97 Å². The summed E-state index contributed by atoms with van der Waals surface area (Å²) >= 11 is 3.44. The van der Waals surface area contributed by atoms with Gasteiger partial charge in [-0.15, -0.1) is 0 Å². The van der Waals surface area contributed by atoms with Crippen LogP contribution in [0, 0.1) is 6.92 Å². The number of carboxylic acid groups (broad SMARTS) is 1. The first-order valence-corrected chi connectivity index (χ1v) is 5.89. The van der Waals surface area contributed by atoms with Crippen LogP contribution in [0.4, 0.5) is 0 Å². The van der Waals surface area contributed by atoms with E-state index in [0.29, 0.717) is 11.5 Å². The number of nitrogens with zero attached hydrogens (tertiary/aromatic N) is 1. The maximum atomic E-state index is 10.7. The number of aryl methyl sites for hydroxylation is 1. The van der Waals surface area contributed by atoms with Gasteiger partial charge < -0.3 is 10.1 Å². The fraction of sp³-hybridized carbons (Fsp3) is 0.167. The van der Waals surface area contributed by atoms with Crippen LogP contribution < -0.4 is 0 Å². The lowest BCUT2D eigenvalue weighted by molar-refractivity contribution is -0.136. The van der Waals surface area contributed by atoms with E-state index in [9.17, 15) is 4.79 Å². The number of imidazole rings is 1. The van der Waals surface area contributed by atoms with E-state index in [4.69, 9.17) is 5.11 Å². The Morgan fingerprint density at radius 1 is 1.47 bits per heavy atom. The average Bonchev–Trinajstić information content (AvgIpc) is 2.60. The summed E-state index contributed by atoms with van der Waals surface area (Å²) in [7, 11) is 0. The third-order valence-corrected chi connectivity index (χ3v) is 3.12. The third-order valence-electron chi connectivity index (χ3n) is 2.43. The van der Waals surface area contributed by atoms with Crippen molar-refractivity contribution in [1.82, 2.24) is 9.97 Å². The molecule has 1 aromatic heterocycles. The van der Waals surface area contributed by atoms with E-state index >= 15 is 0 Å². The Morgan fingerprint density at radius 2 is 2.18 bits per heavy atom. The highest BCUT2D eigenvalue weighted by Crippen LogP contribution is 2.26. The van der Waals surface area contributed by atoms with Crippen LogP contribution in [0.15, 0.2) is 28.7 Å². The zero-order valence-corrected chi connectivity index (χ0v) is 10.8. The number of H-pyrrole nitrogens is 1. The van der Waals surface area contributed by atoms with Crippen molar-refractivity contribution in [3.63, 3.8) is 0 Å². The molecular formula is C12H11BrN2O2. The summed E-state index contributed by atoms with van der Waals surface area (Å²) in [5.74, 6) is -0.190. The molecular weight excluding hydrogens is 284 g/mol. The molecule has 0 saturated heterocycles. The van der Waals surface area contributed by atoms with Crippen LogP contribution in [0.25, 0.3) is 11.4 Å². The lowest BCUT2D eigenvalue weighted by atomic mass is 10.2. The Bertz CT molecular complexity index is 563. The first-order chi connectivity index (χ1) is 8.08. The molecule has 17 heavy (non-hydrogen) atoms. The van der Waals surface area contributed by atoms with Crippen molar-refractivity contribution in [2.75, 3.05) is 0 Å². The lowest BCUT2D eigenvalue weighted by Crippen LogP contribution is -2.01. The molecule has 1 heterocycles. The summed E-state index contributed by atoms with van der Waals surface area (Å²) < 4.78 is 0.927. The molecule has 0 fully saturated rings. The third kappa shape index (κ3) is 2.55. The summed E-state index contributed by atoms with van der Waals surface area (Å²) in [6.45, 7) is 1.83. The Balaban J connectivity index is 2.41. The van der Waals surface area contributed by atoms with Crippen LogP contribution in [0.3, 0.4) is 0 Å². The molecule has 0 atom stereocenters. The number of aromatic nitrogens is 2.